The molecule has 0 aliphatic heterocycles. The molecule has 1 heterocycles. The number of rotatable bonds is 3. The van der Waals surface area contributed by atoms with E-state index < -0.39 is 0 Å². The molecule has 1 aliphatic carbocycles. The molecule has 1 aromatic rings. The van der Waals surface area contributed by atoms with Gasteiger partial charge in [0.15, 0.2) is 5.82 Å². The van der Waals surface area contributed by atoms with E-state index in [9.17, 15) is 0 Å². The number of aromatic nitrogens is 2. The molecule has 14 heavy (non-hydrogen) atoms. The second-order valence-electron chi connectivity index (χ2n) is 3.94. The fourth-order valence-electron chi connectivity index (χ4n) is 2.21. The van der Waals surface area contributed by atoms with Crippen molar-refractivity contribution in [1.82, 2.24) is 10.1 Å². The van der Waals surface area contributed by atoms with Gasteiger partial charge in [-0.05, 0) is 25.3 Å². The Morgan fingerprint density at radius 1 is 1.50 bits per heavy atom. The summed E-state index contributed by atoms with van der Waals surface area (Å²) >= 11 is 0. The average molecular weight is 195 g/mol. The molecule has 1 aromatic heterocycles. The van der Waals surface area contributed by atoms with Crippen LogP contribution < -0.4 is 5.73 Å². The van der Waals surface area contributed by atoms with Gasteiger partial charge < -0.3 is 10.3 Å². The molecular formula is C10H17N3O. The van der Waals surface area contributed by atoms with Crippen molar-refractivity contribution in [2.24, 2.45) is 11.7 Å². The Hall–Kier alpha value is -0.900. The summed E-state index contributed by atoms with van der Waals surface area (Å²) in [7, 11) is 0. The minimum absolute atomic E-state index is 0.410. The molecule has 4 nitrogen and oxygen atoms in total. The van der Waals surface area contributed by atoms with Crippen molar-refractivity contribution in [2.75, 3.05) is 6.54 Å². The summed E-state index contributed by atoms with van der Waals surface area (Å²) in [5.41, 5.74) is 5.71. The van der Waals surface area contributed by atoms with Crippen LogP contribution in [0.25, 0.3) is 0 Å². The highest BCUT2D eigenvalue weighted by Gasteiger charge is 2.31. The molecular weight excluding hydrogens is 178 g/mol. The molecule has 2 unspecified atom stereocenters. The molecule has 1 fully saturated rings. The fourth-order valence-corrected chi connectivity index (χ4v) is 2.21. The van der Waals surface area contributed by atoms with E-state index in [2.05, 4.69) is 10.1 Å². The summed E-state index contributed by atoms with van der Waals surface area (Å²) in [6.45, 7) is 2.76. The Kier molecular flexibility index (Phi) is 2.82. The van der Waals surface area contributed by atoms with E-state index in [4.69, 9.17) is 10.3 Å². The molecule has 0 amide bonds. The monoisotopic (exact) mass is 195 g/mol. The lowest BCUT2D eigenvalue weighted by atomic mass is 9.96. The first-order chi connectivity index (χ1) is 6.85. The topological polar surface area (TPSA) is 64.9 Å². The van der Waals surface area contributed by atoms with Gasteiger partial charge in [-0.1, -0.05) is 18.5 Å². The van der Waals surface area contributed by atoms with Crippen LogP contribution in [0.1, 0.15) is 43.8 Å². The Morgan fingerprint density at radius 3 is 3.00 bits per heavy atom. The van der Waals surface area contributed by atoms with Crippen LogP contribution in [0, 0.1) is 5.92 Å². The first-order valence-electron chi connectivity index (χ1n) is 5.37. The van der Waals surface area contributed by atoms with Gasteiger partial charge in [0.05, 0.1) is 0 Å². The van der Waals surface area contributed by atoms with E-state index in [1.807, 2.05) is 6.92 Å². The predicted molar refractivity (Wildman–Crippen MR) is 52.8 cm³/mol. The molecule has 1 aliphatic rings. The van der Waals surface area contributed by atoms with Crippen LogP contribution in [-0.4, -0.2) is 16.7 Å². The van der Waals surface area contributed by atoms with Gasteiger partial charge in [0.2, 0.25) is 5.89 Å². The summed E-state index contributed by atoms with van der Waals surface area (Å²) in [5.74, 6) is 2.56. The lowest BCUT2D eigenvalue weighted by Gasteiger charge is -2.12. The highest BCUT2D eigenvalue weighted by atomic mass is 16.5. The van der Waals surface area contributed by atoms with Crippen molar-refractivity contribution in [3.05, 3.63) is 11.7 Å². The van der Waals surface area contributed by atoms with E-state index in [0.717, 1.165) is 31.1 Å². The Morgan fingerprint density at radius 2 is 2.36 bits per heavy atom. The lowest BCUT2D eigenvalue weighted by Crippen LogP contribution is -2.17. The molecule has 0 bridgehead atoms. The van der Waals surface area contributed by atoms with Crippen LogP contribution in [0.5, 0.6) is 0 Å². The van der Waals surface area contributed by atoms with Gasteiger partial charge in [0.25, 0.3) is 0 Å². The van der Waals surface area contributed by atoms with Crippen LogP contribution in [0.4, 0.5) is 0 Å². The third kappa shape index (κ3) is 1.66. The van der Waals surface area contributed by atoms with Crippen molar-refractivity contribution >= 4 is 0 Å². The number of hydrogen-bond acceptors (Lipinski definition) is 4. The molecule has 78 valence electrons. The van der Waals surface area contributed by atoms with Crippen molar-refractivity contribution in [3.8, 4) is 0 Å². The molecule has 0 spiro atoms. The normalized spacial score (nSPS) is 27.0. The van der Waals surface area contributed by atoms with Gasteiger partial charge in [-0.25, -0.2) is 0 Å². The second kappa shape index (κ2) is 4.09. The maximum atomic E-state index is 5.71. The quantitative estimate of drug-likeness (QED) is 0.793. The molecule has 0 aromatic carbocycles. The second-order valence-corrected chi connectivity index (χ2v) is 3.94. The van der Waals surface area contributed by atoms with Gasteiger partial charge in [-0.3, -0.25) is 0 Å². The number of aryl methyl sites for hydroxylation is 1. The minimum Gasteiger partial charge on any atom is -0.339 e. The Balaban J connectivity index is 2.13. The first-order valence-corrected chi connectivity index (χ1v) is 5.37. The third-order valence-electron chi connectivity index (χ3n) is 3.08. The van der Waals surface area contributed by atoms with Gasteiger partial charge >= 0.3 is 0 Å². The minimum atomic E-state index is 0.410. The van der Waals surface area contributed by atoms with Crippen molar-refractivity contribution in [3.63, 3.8) is 0 Å². The standard InChI is InChI=1S/C10H17N3O/c1-2-9-12-10(14-13-9)8-5-3-4-7(8)6-11/h7-8H,2-6,11H2,1H3. The molecule has 4 heteroatoms. The predicted octanol–water partition coefficient (Wildman–Crippen LogP) is 1.47. The zero-order valence-electron chi connectivity index (χ0n) is 8.57. The summed E-state index contributed by atoms with van der Waals surface area (Å²) < 4.78 is 5.25. The fraction of sp³-hybridized carbons (Fsp3) is 0.800. The molecule has 0 radical (unpaired) electrons. The van der Waals surface area contributed by atoms with E-state index in [1.54, 1.807) is 0 Å². The van der Waals surface area contributed by atoms with E-state index in [1.165, 1.54) is 12.8 Å². The zero-order valence-corrected chi connectivity index (χ0v) is 8.57. The van der Waals surface area contributed by atoms with Gasteiger partial charge in [0.1, 0.15) is 0 Å². The van der Waals surface area contributed by atoms with Gasteiger partial charge in [-0.2, -0.15) is 4.98 Å². The number of nitrogens with zero attached hydrogens (tertiary/aromatic N) is 2. The average Bonchev–Trinajstić information content (AvgIpc) is 2.85. The van der Waals surface area contributed by atoms with E-state index >= 15 is 0 Å². The highest BCUT2D eigenvalue weighted by Crippen LogP contribution is 2.37. The molecule has 1 saturated carbocycles. The SMILES string of the molecule is CCc1noc(C2CCCC2CN)n1. The third-order valence-corrected chi connectivity index (χ3v) is 3.08. The smallest absolute Gasteiger partial charge is 0.230 e. The molecule has 2 atom stereocenters. The largest absolute Gasteiger partial charge is 0.339 e. The molecule has 2 N–H and O–H groups in total. The van der Waals surface area contributed by atoms with Crippen molar-refractivity contribution < 1.29 is 4.52 Å². The lowest BCUT2D eigenvalue weighted by molar-refractivity contribution is 0.323. The van der Waals surface area contributed by atoms with E-state index in [-0.39, 0.29) is 0 Å². The van der Waals surface area contributed by atoms with Crippen LogP contribution >= 0.6 is 0 Å². The van der Waals surface area contributed by atoms with Crippen molar-refractivity contribution in [2.45, 2.75) is 38.5 Å². The zero-order chi connectivity index (χ0) is 9.97. The maximum Gasteiger partial charge on any atom is 0.230 e. The summed E-state index contributed by atoms with van der Waals surface area (Å²) in [5, 5.41) is 3.92. The molecule has 0 saturated heterocycles. The van der Waals surface area contributed by atoms with Crippen LogP contribution in [0.2, 0.25) is 0 Å². The van der Waals surface area contributed by atoms with Gasteiger partial charge in [0, 0.05) is 12.3 Å². The Labute approximate surface area is 83.9 Å². The van der Waals surface area contributed by atoms with Crippen LogP contribution in [0.3, 0.4) is 0 Å². The van der Waals surface area contributed by atoms with Crippen molar-refractivity contribution in [1.29, 1.82) is 0 Å². The van der Waals surface area contributed by atoms with Crippen LogP contribution in [-0.2, 0) is 6.42 Å². The van der Waals surface area contributed by atoms with E-state index in [0.29, 0.717) is 11.8 Å². The number of hydrogen-bond donors (Lipinski definition) is 1. The number of nitrogens with two attached hydrogens (primary N) is 1. The highest BCUT2D eigenvalue weighted by molar-refractivity contribution is 5.00. The summed E-state index contributed by atoms with van der Waals surface area (Å²) in [4.78, 5) is 4.38. The molecule has 2 rings (SSSR count). The maximum absolute atomic E-state index is 5.71. The van der Waals surface area contributed by atoms with Gasteiger partial charge in [-0.15, -0.1) is 0 Å². The summed E-state index contributed by atoms with van der Waals surface area (Å²) in [6.07, 6.45) is 4.41. The summed E-state index contributed by atoms with van der Waals surface area (Å²) in [6, 6.07) is 0. The Bertz CT molecular complexity index is 297. The van der Waals surface area contributed by atoms with Crippen LogP contribution in [0.15, 0.2) is 4.52 Å². The first kappa shape index (κ1) is 9.65.